The highest BCUT2D eigenvalue weighted by Gasteiger charge is 2.35. The standard InChI is InChI=1S/C12H20N2O5/c1-7(2)14-6-8(5-10(14)16)11(17)13-4-3-9(15)12(18)19/h7-9,15H,3-6H2,1-2H3,(H,13,17)(H,18,19). The van der Waals surface area contributed by atoms with E-state index in [0.29, 0.717) is 6.54 Å². The number of likely N-dealkylation sites (tertiary alicyclic amines) is 1. The molecule has 2 amide bonds. The lowest BCUT2D eigenvalue weighted by Crippen LogP contribution is -2.37. The molecule has 7 heteroatoms. The number of nitrogens with one attached hydrogen (secondary N) is 1. The first-order chi connectivity index (χ1) is 8.82. The van der Waals surface area contributed by atoms with E-state index in [0.717, 1.165) is 0 Å². The Balaban J connectivity index is 2.35. The molecular weight excluding hydrogens is 252 g/mol. The van der Waals surface area contributed by atoms with Crippen LogP contribution in [0.1, 0.15) is 26.7 Å². The average Bonchev–Trinajstić information content (AvgIpc) is 2.71. The predicted octanol–water partition coefficient (Wildman–Crippen LogP) is -0.805. The van der Waals surface area contributed by atoms with Gasteiger partial charge in [0.2, 0.25) is 11.8 Å². The second-order valence-corrected chi connectivity index (χ2v) is 4.97. The number of hydrogen-bond donors (Lipinski definition) is 3. The highest BCUT2D eigenvalue weighted by Crippen LogP contribution is 2.20. The molecule has 1 aliphatic heterocycles. The normalized spacial score (nSPS) is 20.7. The van der Waals surface area contributed by atoms with E-state index in [9.17, 15) is 14.4 Å². The van der Waals surface area contributed by atoms with E-state index >= 15 is 0 Å². The SMILES string of the molecule is CC(C)N1CC(C(=O)NCCC(O)C(=O)O)CC1=O. The van der Waals surface area contributed by atoms with E-state index in [2.05, 4.69) is 5.32 Å². The zero-order valence-electron chi connectivity index (χ0n) is 11.1. The van der Waals surface area contributed by atoms with Crippen LogP contribution in [0.3, 0.4) is 0 Å². The molecule has 108 valence electrons. The molecule has 1 heterocycles. The quantitative estimate of drug-likeness (QED) is 0.586. The number of amides is 2. The van der Waals surface area contributed by atoms with E-state index in [-0.39, 0.29) is 37.2 Å². The van der Waals surface area contributed by atoms with Crippen molar-refractivity contribution in [2.45, 2.75) is 38.8 Å². The number of carboxylic acids is 1. The molecule has 19 heavy (non-hydrogen) atoms. The van der Waals surface area contributed by atoms with Crippen LogP contribution < -0.4 is 5.32 Å². The minimum absolute atomic E-state index is 0.0410. The van der Waals surface area contributed by atoms with Gasteiger partial charge in [0.15, 0.2) is 6.10 Å². The van der Waals surface area contributed by atoms with Crippen LogP contribution in [0, 0.1) is 5.92 Å². The number of aliphatic hydroxyl groups excluding tert-OH is 1. The monoisotopic (exact) mass is 272 g/mol. The van der Waals surface area contributed by atoms with Crippen molar-refractivity contribution in [2.24, 2.45) is 5.92 Å². The Morgan fingerprint density at radius 3 is 2.58 bits per heavy atom. The van der Waals surface area contributed by atoms with Crippen LogP contribution >= 0.6 is 0 Å². The third kappa shape index (κ3) is 4.20. The van der Waals surface area contributed by atoms with E-state index in [4.69, 9.17) is 10.2 Å². The van der Waals surface area contributed by atoms with Crippen molar-refractivity contribution in [3.63, 3.8) is 0 Å². The zero-order valence-corrected chi connectivity index (χ0v) is 11.1. The summed E-state index contributed by atoms with van der Waals surface area (Å²) in [5.41, 5.74) is 0. The van der Waals surface area contributed by atoms with Gasteiger partial charge in [-0.1, -0.05) is 0 Å². The highest BCUT2D eigenvalue weighted by atomic mass is 16.4. The molecule has 1 rings (SSSR count). The average molecular weight is 272 g/mol. The molecule has 1 aliphatic rings. The third-order valence-electron chi connectivity index (χ3n) is 3.15. The van der Waals surface area contributed by atoms with Crippen molar-refractivity contribution in [3.05, 3.63) is 0 Å². The highest BCUT2D eigenvalue weighted by molar-refractivity contribution is 5.89. The lowest BCUT2D eigenvalue weighted by molar-refractivity contribution is -0.147. The van der Waals surface area contributed by atoms with Crippen molar-refractivity contribution in [3.8, 4) is 0 Å². The molecule has 2 unspecified atom stereocenters. The molecule has 2 atom stereocenters. The van der Waals surface area contributed by atoms with Crippen LogP contribution in [0.25, 0.3) is 0 Å². The van der Waals surface area contributed by atoms with Gasteiger partial charge >= 0.3 is 5.97 Å². The van der Waals surface area contributed by atoms with Gasteiger partial charge in [0.25, 0.3) is 0 Å². The largest absolute Gasteiger partial charge is 0.479 e. The second-order valence-electron chi connectivity index (χ2n) is 4.97. The smallest absolute Gasteiger partial charge is 0.332 e. The lowest BCUT2D eigenvalue weighted by atomic mass is 10.1. The maximum atomic E-state index is 11.8. The summed E-state index contributed by atoms with van der Waals surface area (Å²) in [6.45, 7) is 4.26. The Bertz CT molecular complexity index is 369. The fourth-order valence-electron chi connectivity index (χ4n) is 2.01. The molecule has 0 spiro atoms. The van der Waals surface area contributed by atoms with Gasteiger partial charge in [0.05, 0.1) is 5.92 Å². The van der Waals surface area contributed by atoms with Crippen molar-refractivity contribution < 1.29 is 24.6 Å². The number of aliphatic carboxylic acids is 1. The second kappa shape index (κ2) is 6.51. The number of hydrogen-bond acceptors (Lipinski definition) is 4. The summed E-state index contributed by atoms with van der Waals surface area (Å²) >= 11 is 0. The molecule has 0 aliphatic carbocycles. The Morgan fingerprint density at radius 2 is 2.11 bits per heavy atom. The summed E-state index contributed by atoms with van der Waals surface area (Å²) in [4.78, 5) is 35.4. The molecule has 0 saturated carbocycles. The number of carboxylic acid groups (broad SMARTS) is 1. The Kier molecular flexibility index (Phi) is 5.29. The van der Waals surface area contributed by atoms with Crippen LogP contribution in [0.15, 0.2) is 0 Å². The molecule has 0 radical (unpaired) electrons. The van der Waals surface area contributed by atoms with Crippen LogP contribution in [-0.4, -0.2) is 58.1 Å². The molecule has 0 aromatic heterocycles. The number of nitrogens with zero attached hydrogens (tertiary/aromatic N) is 1. The minimum Gasteiger partial charge on any atom is -0.479 e. The van der Waals surface area contributed by atoms with Crippen molar-refractivity contribution >= 4 is 17.8 Å². The first kappa shape index (κ1) is 15.4. The van der Waals surface area contributed by atoms with Crippen LogP contribution in [-0.2, 0) is 14.4 Å². The van der Waals surface area contributed by atoms with E-state index < -0.39 is 18.0 Å². The van der Waals surface area contributed by atoms with E-state index in [1.807, 2.05) is 13.8 Å². The topological polar surface area (TPSA) is 107 Å². The summed E-state index contributed by atoms with van der Waals surface area (Å²) in [7, 11) is 0. The number of rotatable bonds is 6. The fraction of sp³-hybridized carbons (Fsp3) is 0.750. The van der Waals surface area contributed by atoms with Gasteiger partial charge in [-0.25, -0.2) is 4.79 Å². The molecule has 0 aromatic rings. The first-order valence-corrected chi connectivity index (χ1v) is 6.31. The van der Waals surface area contributed by atoms with Crippen LogP contribution in [0.2, 0.25) is 0 Å². The fourth-order valence-corrected chi connectivity index (χ4v) is 2.01. The molecule has 7 nitrogen and oxygen atoms in total. The third-order valence-corrected chi connectivity index (χ3v) is 3.15. The summed E-state index contributed by atoms with van der Waals surface area (Å²) < 4.78 is 0. The Labute approximate surface area is 111 Å². The molecular formula is C12H20N2O5. The first-order valence-electron chi connectivity index (χ1n) is 6.31. The number of carbonyl (C=O) groups excluding carboxylic acids is 2. The van der Waals surface area contributed by atoms with Gasteiger partial charge in [-0.05, 0) is 13.8 Å². The molecule has 0 aromatic carbocycles. The lowest BCUT2D eigenvalue weighted by Gasteiger charge is -2.20. The van der Waals surface area contributed by atoms with E-state index in [1.165, 1.54) is 0 Å². The molecule has 0 bridgehead atoms. The van der Waals surface area contributed by atoms with Crippen molar-refractivity contribution in [2.75, 3.05) is 13.1 Å². The van der Waals surface area contributed by atoms with Gasteiger partial charge in [0, 0.05) is 32.0 Å². The zero-order chi connectivity index (χ0) is 14.6. The predicted molar refractivity (Wildman–Crippen MR) is 66.2 cm³/mol. The van der Waals surface area contributed by atoms with Gasteiger partial charge in [0.1, 0.15) is 0 Å². The Hall–Kier alpha value is -1.63. The van der Waals surface area contributed by atoms with Gasteiger partial charge in [-0.2, -0.15) is 0 Å². The van der Waals surface area contributed by atoms with Crippen molar-refractivity contribution in [1.82, 2.24) is 10.2 Å². The van der Waals surface area contributed by atoms with Crippen LogP contribution in [0.5, 0.6) is 0 Å². The van der Waals surface area contributed by atoms with Gasteiger partial charge in [-0.15, -0.1) is 0 Å². The molecule has 1 saturated heterocycles. The van der Waals surface area contributed by atoms with Gasteiger partial charge < -0.3 is 20.4 Å². The number of aliphatic hydroxyl groups is 1. The Morgan fingerprint density at radius 1 is 1.47 bits per heavy atom. The van der Waals surface area contributed by atoms with Crippen molar-refractivity contribution in [1.29, 1.82) is 0 Å². The van der Waals surface area contributed by atoms with E-state index in [1.54, 1.807) is 4.90 Å². The maximum absolute atomic E-state index is 11.8. The summed E-state index contributed by atoms with van der Waals surface area (Å²) in [5, 5.41) is 20.1. The van der Waals surface area contributed by atoms with Crippen LogP contribution in [0.4, 0.5) is 0 Å². The summed E-state index contributed by atoms with van der Waals surface area (Å²) in [6.07, 6.45) is -1.33. The molecule has 1 fully saturated rings. The maximum Gasteiger partial charge on any atom is 0.332 e. The minimum atomic E-state index is -1.47. The summed E-state index contributed by atoms with van der Waals surface area (Å²) in [5.74, 6) is -2.01. The summed E-state index contributed by atoms with van der Waals surface area (Å²) in [6, 6.07) is 0.0686. The number of carbonyl (C=O) groups is 3. The molecule has 3 N–H and O–H groups in total. The van der Waals surface area contributed by atoms with Gasteiger partial charge in [-0.3, -0.25) is 9.59 Å².